The summed E-state index contributed by atoms with van der Waals surface area (Å²) in [6.45, 7) is 2.08. The summed E-state index contributed by atoms with van der Waals surface area (Å²) in [5, 5.41) is 2.95. The lowest BCUT2D eigenvalue weighted by Crippen LogP contribution is -2.44. The molecule has 0 spiro atoms. The minimum absolute atomic E-state index is 0.0499. The Balaban J connectivity index is 1.71. The Morgan fingerprint density at radius 1 is 1.41 bits per heavy atom. The van der Waals surface area contributed by atoms with E-state index in [1.807, 2.05) is 30.3 Å². The van der Waals surface area contributed by atoms with Crippen molar-refractivity contribution in [1.29, 1.82) is 0 Å². The van der Waals surface area contributed by atoms with Gasteiger partial charge in [-0.1, -0.05) is 18.2 Å². The average Bonchev–Trinajstić information content (AvgIpc) is 2.73. The van der Waals surface area contributed by atoms with E-state index in [2.05, 4.69) is 23.1 Å². The summed E-state index contributed by atoms with van der Waals surface area (Å²) in [6.07, 6.45) is 0.968. The molecule has 4 nitrogen and oxygen atoms in total. The van der Waals surface area contributed by atoms with Crippen molar-refractivity contribution < 1.29 is 4.79 Å². The Kier molecular flexibility index (Phi) is 4.42. The lowest BCUT2D eigenvalue weighted by molar-refractivity contribution is -0.119. The molecule has 2 rings (SSSR count). The zero-order valence-corrected chi connectivity index (χ0v) is 10.6. The molecule has 1 aliphatic heterocycles. The molecule has 0 aliphatic carbocycles. The van der Waals surface area contributed by atoms with Gasteiger partial charge in [0.15, 0.2) is 0 Å². The summed E-state index contributed by atoms with van der Waals surface area (Å²) >= 11 is 1.55. The molecule has 92 valence electrons. The second-order valence-electron chi connectivity index (χ2n) is 4.15. The molecule has 0 radical (unpaired) electrons. The Morgan fingerprint density at radius 3 is 2.82 bits per heavy atom. The van der Waals surface area contributed by atoms with Gasteiger partial charge >= 0.3 is 0 Å². The number of thioether (sulfide) groups is 1. The van der Waals surface area contributed by atoms with Crippen molar-refractivity contribution in [3.05, 3.63) is 30.3 Å². The third-order valence-corrected chi connectivity index (χ3v) is 3.55. The van der Waals surface area contributed by atoms with Gasteiger partial charge in [-0.15, -0.1) is 11.8 Å². The van der Waals surface area contributed by atoms with Gasteiger partial charge in [-0.25, -0.2) is 5.43 Å². The maximum absolute atomic E-state index is 11.7. The second-order valence-corrected chi connectivity index (χ2v) is 5.20. The Morgan fingerprint density at radius 2 is 2.18 bits per heavy atom. The van der Waals surface area contributed by atoms with E-state index in [1.165, 1.54) is 0 Å². The van der Waals surface area contributed by atoms with Gasteiger partial charge in [0, 0.05) is 10.9 Å². The van der Waals surface area contributed by atoms with E-state index in [0.29, 0.717) is 11.8 Å². The highest BCUT2D eigenvalue weighted by Crippen LogP contribution is 2.16. The highest BCUT2D eigenvalue weighted by molar-refractivity contribution is 8.00. The van der Waals surface area contributed by atoms with Gasteiger partial charge in [-0.05, 0) is 25.5 Å². The van der Waals surface area contributed by atoms with Crippen LogP contribution in [0.25, 0.3) is 0 Å². The molecule has 5 heteroatoms. The van der Waals surface area contributed by atoms with Crippen LogP contribution in [-0.2, 0) is 4.79 Å². The van der Waals surface area contributed by atoms with Crippen LogP contribution in [-0.4, -0.2) is 23.9 Å². The molecule has 0 aromatic heterocycles. The van der Waals surface area contributed by atoms with Crippen molar-refractivity contribution in [2.24, 2.45) is 0 Å². The largest absolute Gasteiger partial charge is 0.339 e. The summed E-state index contributed by atoms with van der Waals surface area (Å²) in [6, 6.07) is 10.3. The van der Waals surface area contributed by atoms with E-state index in [0.717, 1.165) is 11.3 Å². The van der Waals surface area contributed by atoms with Gasteiger partial charge in [0.25, 0.3) is 0 Å². The van der Waals surface area contributed by atoms with Crippen molar-refractivity contribution in [2.45, 2.75) is 30.4 Å². The molecule has 2 atom stereocenters. The number of benzene rings is 1. The number of rotatable bonds is 4. The van der Waals surface area contributed by atoms with Crippen LogP contribution in [0.2, 0.25) is 0 Å². The number of nitrogens with one attached hydrogen (secondary N) is 3. The smallest absolute Gasteiger partial charge is 0.231 e. The highest BCUT2D eigenvalue weighted by atomic mass is 32.2. The van der Waals surface area contributed by atoms with Crippen molar-refractivity contribution in [3.63, 3.8) is 0 Å². The van der Waals surface area contributed by atoms with Crippen LogP contribution >= 0.6 is 11.8 Å². The minimum atomic E-state index is 0.0499. The summed E-state index contributed by atoms with van der Waals surface area (Å²) < 4.78 is 0. The van der Waals surface area contributed by atoms with Crippen LogP contribution in [0.1, 0.15) is 13.3 Å². The van der Waals surface area contributed by atoms with Crippen LogP contribution in [0, 0.1) is 0 Å². The fraction of sp³-hybridized carbons (Fsp3) is 0.417. The second kappa shape index (κ2) is 6.05. The molecule has 1 aliphatic rings. The van der Waals surface area contributed by atoms with Gasteiger partial charge in [-0.3, -0.25) is 10.2 Å². The molecule has 1 aromatic rings. The van der Waals surface area contributed by atoms with Crippen LogP contribution in [0.5, 0.6) is 0 Å². The first-order chi connectivity index (χ1) is 8.24. The third-order valence-electron chi connectivity index (χ3n) is 2.54. The zero-order chi connectivity index (χ0) is 12.1. The van der Waals surface area contributed by atoms with Gasteiger partial charge < -0.3 is 5.32 Å². The third kappa shape index (κ3) is 4.03. The average molecular weight is 251 g/mol. The fourth-order valence-electron chi connectivity index (χ4n) is 1.71. The Labute approximate surface area is 106 Å². The fourth-order valence-corrected chi connectivity index (χ4v) is 2.44. The molecule has 1 aromatic carbocycles. The highest BCUT2D eigenvalue weighted by Gasteiger charge is 2.21. The normalized spacial score (nSPS) is 23.6. The molecule has 1 amide bonds. The summed E-state index contributed by atoms with van der Waals surface area (Å²) in [7, 11) is 0. The van der Waals surface area contributed by atoms with E-state index in [9.17, 15) is 4.79 Å². The summed E-state index contributed by atoms with van der Waals surface area (Å²) in [5.74, 6) is 0.517. The van der Waals surface area contributed by atoms with Crippen LogP contribution < -0.4 is 16.2 Å². The topological polar surface area (TPSA) is 53.2 Å². The van der Waals surface area contributed by atoms with E-state index >= 15 is 0 Å². The van der Waals surface area contributed by atoms with Crippen LogP contribution in [0.4, 0.5) is 0 Å². The minimum Gasteiger partial charge on any atom is -0.339 e. The molecule has 1 saturated heterocycles. The SMILES string of the molecule is CC1CC(NC(=O)CSc2ccccc2)NN1. The first-order valence-electron chi connectivity index (χ1n) is 5.72. The number of hydrazine groups is 1. The Bertz CT molecular complexity index is 371. The van der Waals surface area contributed by atoms with Gasteiger partial charge in [0.05, 0.1) is 11.9 Å². The number of hydrogen-bond acceptors (Lipinski definition) is 4. The van der Waals surface area contributed by atoms with Crippen LogP contribution in [0.15, 0.2) is 35.2 Å². The van der Waals surface area contributed by atoms with Gasteiger partial charge in [0.2, 0.25) is 5.91 Å². The standard InChI is InChI=1S/C12H17N3OS/c1-9-7-11(15-14-9)13-12(16)8-17-10-5-3-2-4-6-10/h2-6,9,11,14-15H,7-8H2,1H3,(H,13,16). The van der Waals surface area contributed by atoms with Crippen LogP contribution in [0.3, 0.4) is 0 Å². The van der Waals surface area contributed by atoms with Crippen molar-refractivity contribution in [2.75, 3.05) is 5.75 Å². The maximum Gasteiger partial charge on any atom is 0.231 e. The van der Waals surface area contributed by atoms with E-state index < -0.39 is 0 Å². The molecule has 0 bridgehead atoms. The van der Waals surface area contributed by atoms with E-state index in [4.69, 9.17) is 0 Å². The molecule has 2 unspecified atom stereocenters. The predicted molar refractivity (Wildman–Crippen MR) is 69.4 cm³/mol. The molecular weight excluding hydrogens is 234 g/mol. The monoisotopic (exact) mass is 251 g/mol. The zero-order valence-electron chi connectivity index (χ0n) is 9.77. The first kappa shape index (κ1) is 12.4. The molecular formula is C12H17N3OS. The van der Waals surface area contributed by atoms with E-state index in [-0.39, 0.29) is 12.1 Å². The lowest BCUT2D eigenvalue weighted by atomic mass is 10.2. The first-order valence-corrected chi connectivity index (χ1v) is 6.71. The molecule has 3 N–H and O–H groups in total. The maximum atomic E-state index is 11.7. The molecule has 17 heavy (non-hydrogen) atoms. The number of carbonyl (C=O) groups excluding carboxylic acids is 1. The van der Waals surface area contributed by atoms with E-state index in [1.54, 1.807) is 11.8 Å². The number of hydrogen-bond donors (Lipinski definition) is 3. The molecule has 1 fully saturated rings. The number of carbonyl (C=O) groups is 1. The quantitative estimate of drug-likeness (QED) is 0.702. The van der Waals surface area contributed by atoms with Gasteiger partial charge in [-0.2, -0.15) is 0 Å². The van der Waals surface area contributed by atoms with Crippen molar-refractivity contribution in [1.82, 2.24) is 16.2 Å². The van der Waals surface area contributed by atoms with Gasteiger partial charge in [0.1, 0.15) is 0 Å². The lowest BCUT2D eigenvalue weighted by Gasteiger charge is -2.11. The molecule has 0 saturated carbocycles. The predicted octanol–water partition coefficient (Wildman–Crippen LogP) is 1.11. The van der Waals surface area contributed by atoms with Crippen molar-refractivity contribution >= 4 is 17.7 Å². The van der Waals surface area contributed by atoms with Crippen molar-refractivity contribution in [3.8, 4) is 0 Å². The summed E-state index contributed by atoms with van der Waals surface area (Å²) in [4.78, 5) is 12.8. The summed E-state index contributed by atoms with van der Waals surface area (Å²) in [5.41, 5.74) is 6.12. The Hall–Kier alpha value is -1.04. The molecule has 1 heterocycles. The number of amides is 1.